The molecular weight excluding hydrogens is 360 g/mol. The highest BCUT2D eigenvalue weighted by molar-refractivity contribution is 5.84. The standard InChI is InChI=1S/C21H26N2O5/c1-14(2)20(16-7-10-18(27-3)19(13-16)28-4)21(24)22-12-11-15-5-8-17(9-6-15)23(25)26/h5-10,13-14,20H,11-12H2,1-4H3,(H,22,24). The molecule has 0 bridgehead atoms. The number of carbonyl (C=O) groups excluding carboxylic acids is 1. The quantitative estimate of drug-likeness (QED) is 0.524. The van der Waals surface area contributed by atoms with Crippen molar-refractivity contribution in [3.63, 3.8) is 0 Å². The second-order valence-corrected chi connectivity index (χ2v) is 6.80. The van der Waals surface area contributed by atoms with Gasteiger partial charge in [0, 0.05) is 18.7 Å². The SMILES string of the molecule is COc1ccc(C(C(=O)NCCc2ccc([N+](=O)[O-])cc2)C(C)C)cc1OC. The van der Waals surface area contributed by atoms with Gasteiger partial charge in [-0.05, 0) is 35.6 Å². The van der Waals surface area contributed by atoms with Gasteiger partial charge in [0.25, 0.3) is 5.69 Å². The molecule has 150 valence electrons. The van der Waals surface area contributed by atoms with Crippen LogP contribution in [0.1, 0.15) is 30.9 Å². The number of rotatable bonds is 9. The third kappa shape index (κ3) is 5.22. The molecule has 7 heteroatoms. The molecule has 7 nitrogen and oxygen atoms in total. The van der Waals surface area contributed by atoms with Crippen LogP contribution in [0.5, 0.6) is 11.5 Å². The molecule has 0 spiro atoms. The number of benzene rings is 2. The van der Waals surface area contributed by atoms with Crippen molar-refractivity contribution in [1.82, 2.24) is 5.32 Å². The number of ether oxygens (including phenoxy) is 2. The molecule has 0 fully saturated rings. The van der Waals surface area contributed by atoms with Crippen molar-refractivity contribution in [2.24, 2.45) is 5.92 Å². The summed E-state index contributed by atoms with van der Waals surface area (Å²) >= 11 is 0. The first kappa shape index (κ1) is 21.2. The first-order chi connectivity index (χ1) is 13.4. The maximum Gasteiger partial charge on any atom is 0.269 e. The number of nitro groups is 1. The fourth-order valence-corrected chi connectivity index (χ4v) is 3.11. The molecule has 0 radical (unpaired) electrons. The summed E-state index contributed by atoms with van der Waals surface area (Å²) in [5.74, 6) is 0.912. The van der Waals surface area contributed by atoms with E-state index < -0.39 is 4.92 Å². The van der Waals surface area contributed by atoms with Gasteiger partial charge in [0.15, 0.2) is 11.5 Å². The van der Waals surface area contributed by atoms with Crippen molar-refractivity contribution in [1.29, 1.82) is 0 Å². The van der Waals surface area contributed by atoms with Gasteiger partial charge in [0.1, 0.15) is 0 Å². The van der Waals surface area contributed by atoms with Crippen molar-refractivity contribution < 1.29 is 19.2 Å². The summed E-state index contributed by atoms with van der Waals surface area (Å²) in [5.41, 5.74) is 1.85. The number of nitrogens with zero attached hydrogens (tertiary/aromatic N) is 1. The summed E-state index contributed by atoms with van der Waals surface area (Å²) < 4.78 is 10.6. The molecule has 1 unspecified atom stereocenters. The Labute approximate surface area is 164 Å². The van der Waals surface area contributed by atoms with E-state index in [9.17, 15) is 14.9 Å². The van der Waals surface area contributed by atoms with Crippen molar-refractivity contribution in [2.75, 3.05) is 20.8 Å². The van der Waals surface area contributed by atoms with E-state index in [1.165, 1.54) is 12.1 Å². The first-order valence-electron chi connectivity index (χ1n) is 9.10. The van der Waals surface area contributed by atoms with E-state index in [0.717, 1.165) is 11.1 Å². The van der Waals surface area contributed by atoms with Crippen LogP contribution in [0, 0.1) is 16.0 Å². The molecule has 2 rings (SSSR count). The van der Waals surface area contributed by atoms with E-state index in [2.05, 4.69) is 5.32 Å². The number of nitrogens with one attached hydrogen (secondary N) is 1. The smallest absolute Gasteiger partial charge is 0.269 e. The Morgan fingerprint density at radius 1 is 1.07 bits per heavy atom. The number of hydrogen-bond acceptors (Lipinski definition) is 5. The van der Waals surface area contributed by atoms with Gasteiger partial charge in [0.05, 0.1) is 25.1 Å². The molecule has 2 aromatic rings. The van der Waals surface area contributed by atoms with Gasteiger partial charge in [-0.2, -0.15) is 0 Å². The molecule has 0 aliphatic heterocycles. The van der Waals surface area contributed by atoms with E-state index in [4.69, 9.17) is 9.47 Å². The summed E-state index contributed by atoms with van der Waals surface area (Å²) in [6.07, 6.45) is 0.598. The molecule has 1 N–H and O–H groups in total. The van der Waals surface area contributed by atoms with Gasteiger partial charge in [-0.3, -0.25) is 14.9 Å². The fraction of sp³-hybridized carbons (Fsp3) is 0.381. The Hall–Kier alpha value is -3.09. The molecule has 0 aliphatic rings. The summed E-state index contributed by atoms with van der Waals surface area (Å²) in [6, 6.07) is 11.9. The normalized spacial score (nSPS) is 11.8. The van der Waals surface area contributed by atoms with Gasteiger partial charge in [-0.25, -0.2) is 0 Å². The van der Waals surface area contributed by atoms with Gasteiger partial charge in [-0.15, -0.1) is 0 Å². The number of hydrogen-bond donors (Lipinski definition) is 1. The Morgan fingerprint density at radius 3 is 2.25 bits per heavy atom. The van der Waals surface area contributed by atoms with E-state index in [0.29, 0.717) is 24.5 Å². The first-order valence-corrected chi connectivity index (χ1v) is 9.10. The molecule has 0 saturated carbocycles. The Kier molecular flexibility index (Phi) is 7.37. The lowest BCUT2D eigenvalue weighted by Crippen LogP contribution is -2.33. The second-order valence-electron chi connectivity index (χ2n) is 6.80. The molecule has 1 atom stereocenters. The number of non-ortho nitro benzene ring substituents is 1. The predicted octanol–water partition coefficient (Wildman–Crippen LogP) is 3.71. The number of carbonyl (C=O) groups is 1. The minimum Gasteiger partial charge on any atom is -0.493 e. The zero-order valence-electron chi connectivity index (χ0n) is 16.6. The van der Waals surface area contributed by atoms with Crippen molar-refractivity contribution >= 4 is 11.6 Å². The lowest BCUT2D eigenvalue weighted by Gasteiger charge is -2.22. The second kappa shape index (κ2) is 9.73. The Bertz CT molecular complexity index is 818. The van der Waals surface area contributed by atoms with E-state index >= 15 is 0 Å². The van der Waals surface area contributed by atoms with E-state index in [-0.39, 0.29) is 23.4 Å². The minimum absolute atomic E-state index is 0.0566. The maximum absolute atomic E-state index is 12.8. The van der Waals surface area contributed by atoms with E-state index in [1.54, 1.807) is 32.4 Å². The zero-order valence-corrected chi connectivity index (χ0v) is 16.6. The summed E-state index contributed by atoms with van der Waals surface area (Å²) in [4.78, 5) is 23.1. The van der Waals surface area contributed by atoms with Gasteiger partial charge in [-0.1, -0.05) is 32.0 Å². The largest absolute Gasteiger partial charge is 0.493 e. The molecule has 0 aromatic heterocycles. The highest BCUT2D eigenvalue weighted by Gasteiger charge is 2.25. The average Bonchev–Trinajstić information content (AvgIpc) is 2.68. The highest BCUT2D eigenvalue weighted by Crippen LogP contribution is 2.33. The van der Waals surface area contributed by atoms with Crippen LogP contribution < -0.4 is 14.8 Å². The number of methoxy groups -OCH3 is 2. The molecule has 0 saturated heterocycles. The summed E-state index contributed by atoms with van der Waals surface area (Å²) in [7, 11) is 3.14. The van der Waals surface area contributed by atoms with Gasteiger partial charge >= 0.3 is 0 Å². The van der Waals surface area contributed by atoms with Gasteiger partial charge in [0.2, 0.25) is 5.91 Å². The van der Waals surface area contributed by atoms with Crippen LogP contribution in [0.25, 0.3) is 0 Å². The van der Waals surface area contributed by atoms with Crippen LogP contribution in [0.2, 0.25) is 0 Å². The molecule has 28 heavy (non-hydrogen) atoms. The van der Waals surface area contributed by atoms with Crippen LogP contribution >= 0.6 is 0 Å². The molecular formula is C21H26N2O5. The van der Waals surface area contributed by atoms with Crippen LogP contribution in [-0.4, -0.2) is 31.6 Å². The Balaban J connectivity index is 2.04. The molecule has 0 heterocycles. The maximum atomic E-state index is 12.8. The van der Waals surface area contributed by atoms with Crippen LogP contribution in [0.15, 0.2) is 42.5 Å². The lowest BCUT2D eigenvalue weighted by molar-refractivity contribution is -0.384. The van der Waals surface area contributed by atoms with Gasteiger partial charge < -0.3 is 14.8 Å². The van der Waals surface area contributed by atoms with Crippen LogP contribution in [0.3, 0.4) is 0 Å². The molecule has 1 amide bonds. The summed E-state index contributed by atoms with van der Waals surface area (Å²) in [5, 5.41) is 13.7. The topological polar surface area (TPSA) is 90.7 Å². The number of nitro benzene ring substituents is 1. The summed E-state index contributed by atoms with van der Waals surface area (Å²) in [6.45, 7) is 4.45. The number of amides is 1. The lowest BCUT2D eigenvalue weighted by atomic mass is 9.87. The molecule has 0 aliphatic carbocycles. The average molecular weight is 386 g/mol. The van der Waals surface area contributed by atoms with Crippen LogP contribution in [-0.2, 0) is 11.2 Å². The third-order valence-corrected chi connectivity index (χ3v) is 4.58. The monoisotopic (exact) mass is 386 g/mol. The van der Waals surface area contributed by atoms with E-state index in [1.807, 2.05) is 26.0 Å². The zero-order chi connectivity index (χ0) is 20.7. The van der Waals surface area contributed by atoms with Crippen molar-refractivity contribution in [3.8, 4) is 11.5 Å². The Morgan fingerprint density at radius 2 is 1.71 bits per heavy atom. The predicted molar refractivity (Wildman–Crippen MR) is 107 cm³/mol. The fourth-order valence-electron chi connectivity index (χ4n) is 3.11. The van der Waals surface area contributed by atoms with Crippen LogP contribution in [0.4, 0.5) is 5.69 Å². The highest BCUT2D eigenvalue weighted by atomic mass is 16.6. The van der Waals surface area contributed by atoms with Crippen molar-refractivity contribution in [3.05, 3.63) is 63.7 Å². The minimum atomic E-state index is -0.429. The third-order valence-electron chi connectivity index (χ3n) is 4.58. The molecule has 2 aromatic carbocycles. The van der Waals surface area contributed by atoms with Crippen molar-refractivity contribution in [2.45, 2.75) is 26.2 Å².